The van der Waals surface area contributed by atoms with Crippen LogP contribution < -0.4 is 5.73 Å². The van der Waals surface area contributed by atoms with Crippen molar-refractivity contribution in [2.45, 2.75) is 6.42 Å². The topological polar surface area (TPSA) is 27.6 Å². The van der Waals surface area contributed by atoms with Crippen molar-refractivity contribution in [3.05, 3.63) is 35.4 Å². The van der Waals surface area contributed by atoms with Crippen molar-refractivity contribution in [2.75, 3.05) is 6.54 Å². The number of quaternary nitrogens is 1. The van der Waals surface area contributed by atoms with Gasteiger partial charge < -0.3 is 5.73 Å². The van der Waals surface area contributed by atoms with E-state index in [-0.39, 0.29) is 0 Å². The van der Waals surface area contributed by atoms with Gasteiger partial charge in [0.2, 0.25) is 0 Å². The van der Waals surface area contributed by atoms with Crippen LogP contribution in [0.5, 0.6) is 0 Å². The molecule has 0 atom stereocenters. The zero-order valence-corrected chi connectivity index (χ0v) is 6.11. The molecule has 1 nitrogen and oxygen atoms in total. The molecule has 3 N–H and O–H groups in total. The first-order chi connectivity index (χ1) is 5.24. The summed E-state index contributed by atoms with van der Waals surface area (Å²) in [6.07, 6.45) is 0.562. The fraction of sp³-hybridized carbons (Fsp3) is 0.250. The van der Waals surface area contributed by atoms with E-state index in [9.17, 15) is 8.78 Å². The maximum atomic E-state index is 12.8. The summed E-state index contributed by atoms with van der Waals surface area (Å²) in [6, 6.07) is 3.61. The first kappa shape index (κ1) is 8.14. The Morgan fingerprint density at radius 2 is 2.00 bits per heavy atom. The Morgan fingerprint density at radius 3 is 2.55 bits per heavy atom. The molecule has 0 fully saturated rings. The Hall–Kier alpha value is -0.960. The molecule has 1 rings (SSSR count). The molecule has 0 spiro atoms. The average molecular weight is 158 g/mol. The highest BCUT2D eigenvalue weighted by Crippen LogP contribution is 2.08. The van der Waals surface area contributed by atoms with Gasteiger partial charge in [-0.2, -0.15) is 0 Å². The lowest BCUT2D eigenvalue weighted by Gasteiger charge is -1.98. The van der Waals surface area contributed by atoms with Crippen molar-refractivity contribution in [1.82, 2.24) is 0 Å². The zero-order valence-electron chi connectivity index (χ0n) is 6.11. The molecule has 0 heterocycles. The number of rotatable bonds is 2. The maximum absolute atomic E-state index is 12.8. The van der Waals surface area contributed by atoms with E-state index in [1.54, 1.807) is 0 Å². The van der Waals surface area contributed by atoms with Gasteiger partial charge in [-0.15, -0.1) is 0 Å². The lowest BCUT2D eigenvalue weighted by Crippen LogP contribution is -2.51. The molecule has 60 valence electrons. The van der Waals surface area contributed by atoms with Gasteiger partial charge in [0, 0.05) is 12.5 Å². The Labute approximate surface area is 63.8 Å². The van der Waals surface area contributed by atoms with Crippen molar-refractivity contribution in [3.63, 3.8) is 0 Å². The van der Waals surface area contributed by atoms with Gasteiger partial charge in [0.05, 0.1) is 6.54 Å². The number of hydrogen-bond donors (Lipinski definition) is 1. The lowest BCUT2D eigenvalue weighted by molar-refractivity contribution is -0.366. The molecular weight excluding hydrogens is 148 g/mol. The highest BCUT2D eigenvalue weighted by Gasteiger charge is 2.02. The predicted molar refractivity (Wildman–Crippen MR) is 37.8 cm³/mol. The predicted octanol–water partition coefficient (Wildman–Crippen LogP) is 0.749. The smallest absolute Gasteiger partial charge is 0.129 e. The zero-order chi connectivity index (χ0) is 8.27. The van der Waals surface area contributed by atoms with Crippen molar-refractivity contribution in [1.29, 1.82) is 0 Å². The number of benzene rings is 1. The summed E-state index contributed by atoms with van der Waals surface area (Å²) in [5.74, 6) is -1.01. The Balaban J connectivity index is 2.90. The van der Waals surface area contributed by atoms with Crippen LogP contribution in [0.3, 0.4) is 0 Å². The molecule has 11 heavy (non-hydrogen) atoms. The van der Waals surface area contributed by atoms with Gasteiger partial charge in [0.1, 0.15) is 11.6 Å². The van der Waals surface area contributed by atoms with Crippen LogP contribution in [0.2, 0.25) is 0 Å². The van der Waals surface area contributed by atoms with E-state index < -0.39 is 11.6 Å². The minimum Gasteiger partial charge on any atom is -0.357 e. The van der Waals surface area contributed by atoms with Crippen LogP contribution >= 0.6 is 0 Å². The molecule has 3 heteroatoms. The van der Waals surface area contributed by atoms with Gasteiger partial charge in [-0.1, -0.05) is 6.07 Å². The molecular formula is C8H10F2N+. The van der Waals surface area contributed by atoms with Crippen LogP contribution in [0.15, 0.2) is 18.2 Å². The van der Waals surface area contributed by atoms with Gasteiger partial charge in [0.25, 0.3) is 0 Å². The van der Waals surface area contributed by atoms with E-state index in [2.05, 4.69) is 5.73 Å². The molecule has 1 aromatic rings. The van der Waals surface area contributed by atoms with Crippen LogP contribution in [0.1, 0.15) is 5.56 Å². The van der Waals surface area contributed by atoms with Gasteiger partial charge in [-0.3, -0.25) is 0 Å². The standard InChI is InChI=1S/C8H9F2N/c9-7-2-1-6(3-4-11)8(10)5-7/h1-2,5H,3-4,11H2/p+1. The second-order valence-corrected chi connectivity index (χ2v) is 2.34. The highest BCUT2D eigenvalue weighted by molar-refractivity contribution is 5.18. The summed E-state index contributed by atoms with van der Waals surface area (Å²) in [5, 5.41) is 0. The van der Waals surface area contributed by atoms with Crippen LogP contribution in [0.25, 0.3) is 0 Å². The molecule has 0 aliphatic carbocycles. The van der Waals surface area contributed by atoms with E-state index in [1.165, 1.54) is 12.1 Å². The van der Waals surface area contributed by atoms with Gasteiger partial charge in [-0.25, -0.2) is 8.78 Å². The highest BCUT2D eigenvalue weighted by atomic mass is 19.1. The molecule has 0 bridgehead atoms. The number of hydrogen-bond acceptors (Lipinski definition) is 0. The molecule has 0 aliphatic rings. The van der Waals surface area contributed by atoms with Crippen molar-refractivity contribution in [3.8, 4) is 0 Å². The first-order valence-electron chi connectivity index (χ1n) is 3.47. The van der Waals surface area contributed by atoms with E-state index >= 15 is 0 Å². The third-order valence-corrected chi connectivity index (χ3v) is 1.46. The largest absolute Gasteiger partial charge is 0.357 e. The molecule has 0 unspecified atom stereocenters. The second-order valence-electron chi connectivity index (χ2n) is 2.34. The first-order valence-corrected chi connectivity index (χ1v) is 3.47. The molecule has 0 saturated heterocycles. The fourth-order valence-electron chi connectivity index (χ4n) is 0.915. The molecule has 1 aromatic carbocycles. The Morgan fingerprint density at radius 1 is 1.27 bits per heavy atom. The minimum atomic E-state index is -0.532. The van der Waals surface area contributed by atoms with Crippen LogP contribution in [0.4, 0.5) is 8.78 Å². The fourth-order valence-corrected chi connectivity index (χ4v) is 0.915. The normalized spacial score (nSPS) is 10.1. The second kappa shape index (κ2) is 3.44. The molecule has 0 aromatic heterocycles. The van der Waals surface area contributed by atoms with Gasteiger partial charge in [0.15, 0.2) is 0 Å². The van der Waals surface area contributed by atoms with Crippen molar-refractivity contribution >= 4 is 0 Å². The molecule has 0 saturated carbocycles. The number of halogens is 2. The SMILES string of the molecule is [NH3+]CCc1ccc(F)cc1F. The third-order valence-electron chi connectivity index (χ3n) is 1.46. The third kappa shape index (κ3) is 1.98. The summed E-state index contributed by atoms with van der Waals surface area (Å²) in [5.41, 5.74) is 4.11. The monoisotopic (exact) mass is 158 g/mol. The van der Waals surface area contributed by atoms with E-state index in [4.69, 9.17) is 0 Å². The lowest BCUT2D eigenvalue weighted by atomic mass is 10.1. The summed E-state index contributed by atoms with van der Waals surface area (Å²) < 4.78 is 25.1. The summed E-state index contributed by atoms with van der Waals surface area (Å²) >= 11 is 0. The van der Waals surface area contributed by atoms with Gasteiger partial charge >= 0.3 is 0 Å². The summed E-state index contributed by atoms with van der Waals surface area (Å²) in [6.45, 7) is 0.628. The molecule has 0 radical (unpaired) electrons. The van der Waals surface area contributed by atoms with E-state index in [1.807, 2.05) is 0 Å². The van der Waals surface area contributed by atoms with Crippen LogP contribution in [-0.4, -0.2) is 6.54 Å². The Bertz CT molecular complexity index is 248. The van der Waals surface area contributed by atoms with E-state index in [0.717, 1.165) is 6.07 Å². The molecule has 0 aliphatic heterocycles. The Kier molecular flexibility index (Phi) is 2.54. The maximum Gasteiger partial charge on any atom is 0.129 e. The minimum absolute atomic E-state index is 0.478. The van der Waals surface area contributed by atoms with E-state index in [0.29, 0.717) is 18.5 Å². The quantitative estimate of drug-likeness (QED) is 0.657. The van der Waals surface area contributed by atoms with Gasteiger partial charge in [-0.05, 0) is 11.6 Å². The van der Waals surface area contributed by atoms with Crippen LogP contribution in [-0.2, 0) is 6.42 Å². The van der Waals surface area contributed by atoms with Crippen molar-refractivity contribution in [2.24, 2.45) is 0 Å². The van der Waals surface area contributed by atoms with Crippen LogP contribution in [0, 0.1) is 11.6 Å². The molecule has 0 amide bonds. The summed E-state index contributed by atoms with van der Waals surface area (Å²) in [4.78, 5) is 0. The average Bonchev–Trinajstić information content (AvgIpc) is 1.95. The van der Waals surface area contributed by atoms with Crippen molar-refractivity contribution < 1.29 is 14.5 Å². The summed E-state index contributed by atoms with van der Waals surface area (Å²) in [7, 11) is 0.